The highest BCUT2D eigenvalue weighted by atomic mass is 19.1. The van der Waals surface area contributed by atoms with E-state index in [1.54, 1.807) is 12.3 Å². The molecule has 0 spiro atoms. The van der Waals surface area contributed by atoms with Gasteiger partial charge in [-0.25, -0.2) is 4.39 Å². The molecule has 6 nitrogen and oxygen atoms in total. The Balaban J connectivity index is 1.78. The van der Waals surface area contributed by atoms with E-state index in [1.165, 1.54) is 6.20 Å². The molecule has 0 radical (unpaired) electrons. The number of allylic oxidation sites excluding steroid dienone is 1. The number of carbonyl (C=O) groups excluding carboxylic acids is 1. The van der Waals surface area contributed by atoms with Gasteiger partial charge in [-0.1, -0.05) is 25.1 Å². The van der Waals surface area contributed by atoms with Gasteiger partial charge in [-0.15, -0.1) is 0 Å². The van der Waals surface area contributed by atoms with Gasteiger partial charge in [0.1, 0.15) is 5.82 Å². The molecule has 2 N–H and O–H groups in total. The van der Waals surface area contributed by atoms with Crippen molar-refractivity contribution in [1.29, 1.82) is 0 Å². The van der Waals surface area contributed by atoms with Crippen LogP contribution >= 0.6 is 0 Å². The first kappa shape index (κ1) is 20.5. The van der Waals surface area contributed by atoms with Crippen molar-refractivity contribution >= 4 is 5.91 Å². The van der Waals surface area contributed by atoms with E-state index in [0.29, 0.717) is 24.0 Å². The molecular weight excluding hydrogens is 405 g/mol. The molecule has 164 valence electrons. The average molecular weight is 432 g/mol. The molecular formula is C25H26FN5O. The standard InChI is InChI=1S/C25H26FN5O/c1-5-25(16-8-6-7-15(11-16)17-9-10-27-13-18(17)26)20-14(2)30-31-22(20)28-19-12-24(3,4)29-23(32)21(19)25/h6-11,13,22,28H,5,12H2,1-4H3,(H,29,32)/t22?,25-/m1/s1. The molecule has 2 aromatic rings. The smallest absolute Gasteiger partial charge is 0.250 e. The van der Waals surface area contributed by atoms with E-state index in [4.69, 9.17) is 0 Å². The van der Waals surface area contributed by atoms with Crippen LogP contribution in [0, 0.1) is 5.82 Å². The van der Waals surface area contributed by atoms with Gasteiger partial charge < -0.3 is 10.6 Å². The Morgan fingerprint density at radius 2 is 2.06 bits per heavy atom. The zero-order chi connectivity index (χ0) is 22.7. The summed E-state index contributed by atoms with van der Waals surface area (Å²) < 4.78 is 14.5. The third kappa shape index (κ3) is 2.91. The molecule has 0 bridgehead atoms. The fourth-order valence-electron chi connectivity index (χ4n) is 5.49. The number of aromatic nitrogens is 1. The summed E-state index contributed by atoms with van der Waals surface area (Å²) in [7, 11) is 0. The molecule has 1 unspecified atom stereocenters. The number of fused-ring (bicyclic) bond motifs is 1. The summed E-state index contributed by atoms with van der Waals surface area (Å²) in [5, 5.41) is 15.5. The first-order chi connectivity index (χ1) is 15.3. The fraction of sp³-hybridized carbons (Fsp3) is 0.360. The topological polar surface area (TPSA) is 78.7 Å². The van der Waals surface area contributed by atoms with Crippen LogP contribution in [0.2, 0.25) is 0 Å². The summed E-state index contributed by atoms with van der Waals surface area (Å²) in [6.45, 7) is 8.05. The highest BCUT2D eigenvalue weighted by Crippen LogP contribution is 2.53. The molecule has 5 rings (SSSR count). The molecule has 3 aliphatic rings. The number of nitrogens with one attached hydrogen (secondary N) is 2. The van der Waals surface area contributed by atoms with E-state index in [2.05, 4.69) is 32.8 Å². The Labute approximate surface area is 186 Å². The van der Waals surface area contributed by atoms with Crippen LogP contribution in [-0.4, -0.2) is 22.6 Å². The molecule has 0 fully saturated rings. The summed E-state index contributed by atoms with van der Waals surface area (Å²) in [5.74, 6) is -0.464. The molecule has 32 heavy (non-hydrogen) atoms. The van der Waals surface area contributed by atoms with Crippen molar-refractivity contribution in [3.63, 3.8) is 0 Å². The summed E-state index contributed by atoms with van der Waals surface area (Å²) >= 11 is 0. The number of benzene rings is 1. The summed E-state index contributed by atoms with van der Waals surface area (Å²) in [5.41, 5.74) is 4.50. The summed E-state index contributed by atoms with van der Waals surface area (Å²) in [6.07, 6.45) is 3.82. The molecule has 7 heteroatoms. The van der Waals surface area contributed by atoms with Crippen molar-refractivity contribution < 1.29 is 9.18 Å². The van der Waals surface area contributed by atoms with E-state index >= 15 is 0 Å². The number of azo groups is 1. The molecule has 1 aromatic heterocycles. The third-order valence-electron chi connectivity index (χ3n) is 6.75. The number of hydrogen-bond donors (Lipinski definition) is 2. The van der Waals surface area contributed by atoms with Gasteiger partial charge in [0.15, 0.2) is 6.17 Å². The first-order valence-corrected chi connectivity index (χ1v) is 10.9. The fourth-order valence-corrected chi connectivity index (χ4v) is 5.49. The lowest BCUT2D eigenvalue weighted by molar-refractivity contribution is -0.120. The second-order valence-electron chi connectivity index (χ2n) is 9.32. The van der Waals surface area contributed by atoms with Gasteiger partial charge in [-0.2, -0.15) is 10.2 Å². The monoisotopic (exact) mass is 431 g/mol. The van der Waals surface area contributed by atoms with Crippen LogP contribution in [0.15, 0.2) is 75.5 Å². The minimum atomic E-state index is -0.709. The molecule has 0 saturated heterocycles. The summed E-state index contributed by atoms with van der Waals surface area (Å²) in [6, 6.07) is 9.48. The predicted molar refractivity (Wildman–Crippen MR) is 120 cm³/mol. The number of halogens is 1. The lowest BCUT2D eigenvalue weighted by Gasteiger charge is -2.48. The highest BCUT2D eigenvalue weighted by molar-refractivity contribution is 6.00. The second kappa shape index (κ2) is 7.08. The maximum Gasteiger partial charge on any atom is 0.250 e. The van der Waals surface area contributed by atoms with Crippen molar-refractivity contribution in [2.45, 2.75) is 57.7 Å². The van der Waals surface area contributed by atoms with E-state index in [9.17, 15) is 9.18 Å². The molecule has 3 aliphatic heterocycles. The van der Waals surface area contributed by atoms with Crippen molar-refractivity contribution in [3.05, 3.63) is 76.6 Å². The van der Waals surface area contributed by atoms with Gasteiger partial charge in [0.25, 0.3) is 5.91 Å². The molecule has 4 heterocycles. The molecule has 1 amide bonds. The number of carbonyl (C=O) groups is 1. The number of hydrogen-bond acceptors (Lipinski definition) is 5. The van der Waals surface area contributed by atoms with Crippen molar-refractivity contribution in [2.75, 3.05) is 0 Å². The predicted octanol–water partition coefficient (Wildman–Crippen LogP) is 4.76. The normalized spacial score (nSPS) is 25.9. The maximum absolute atomic E-state index is 14.5. The minimum absolute atomic E-state index is 0.0863. The number of rotatable bonds is 3. The molecule has 1 aromatic carbocycles. The lowest BCUT2D eigenvalue weighted by atomic mass is 9.61. The zero-order valence-corrected chi connectivity index (χ0v) is 18.7. The van der Waals surface area contributed by atoms with Crippen LogP contribution in [-0.2, 0) is 10.2 Å². The minimum Gasteiger partial charge on any atom is -0.362 e. The molecule has 0 aliphatic carbocycles. The Kier molecular flexibility index (Phi) is 4.55. The van der Waals surface area contributed by atoms with E-state index in [0.717, 1.165) is 28.1 Å². The van der Waals surface area contributed by atoms with Gasteiger partial charge in [-0.3, -0.25) is 9.78 Å². The Morgan fingerprint density at radius 3 is 2.81 bits per heavy atom. The quantitative estimate of drug-likeness (QED) is 0.736. The average Bonchev–Trinajstić information content (AvgIpc) is 3.12. The Bertz CT molecular complexity index is 1230. The maximum atomic E-state index is 14.5. The third-order valence-corrected chi connectivity index (χ3v) is 6.75. The van der Waals surface area contributed by atoms with Crippen LogP contribution in [0.3, 0.4) is 0 Å². The van der Waals surface area contributed by atoms with Crippen molar-refractivity contribution in [2.24, 2.45) is 10.2 Å². The summed E-state index contributed by atoms with van der Waals surface area (Å²) in [4.78, 5) is 17.4. The van der Waals surface area contributed by atoms with Gasteiger partial charge >= 0.3 is 0 Å². The van der Waals surface area contributed by atoms with Gasteiger partial charge in [-0.05, 0) is 50.5 Å². The number of amides is 1. The molecule has 0 saturated carbocycles. The highest BCUT2D eigenvalue weighted by Gasteiger charge is 2.54. The van der Waals surface area contributed by atoms with E-state index in [-0.39, 0.29) is 23.4 Å². The van der Waals surface area contributed by atoms with Crippen molar-refractivity contribution in [1.82, 2.24) is 15.6 Å². The van der Waals surface area contributed by atoms with Gasteiger partial charge in [0.2, 0.25) is 0 Å². The van der Waals surface area contributed by atoms with E-state index in [1.807, 2.05) is 45.0 Å². The molecule has 2 atom stereocenters. The van der Waals surface area contributed by atoms with E-state index < -0.39 is 5.41 Å². The second-order valence-corrected chi connectivity index (χ2v) is 9.32. The largest absolute Gasteiger partial charge is 0.362 e. The van der Waals surface area contributed by atoms with Gasteiger partial charge in [0, 0.05) is 35.0 Å². The van der Waals surface area contributed by atoms with Crippen molar-refractivity contribution in [3.8, 4) is 11.1 Å². The van der Waals surface area contributed by atoms with Crippen LogP contribution in [0.4, 0.5) is 4.39 Å². The van der Waals surface area contributed by atoms with Crippen LogP contribution < -0.4 is 10.6 Å². The first-order valence-electron chi connectivity index (χ1n) is 10.9. The van der Waals surface area contributed by atoms with Crippen LogP contribution in [0.25, 0.3) is 11.1 Å². The van der Waals surface area contributed by atoms with Crippen LogP contribution in [0.5, 0.6) is 0 Å². The SMILES string of the molecule is CC[C@]1(c2cccc(-c3ccncc3F)c2)C2=C(CC(C)(C)NC2=O)NC2N=NC(C)=C21. The van der Waals surface area contributed by atoms with Crippen LogP contribution in [0.1, 0.15) is 46.1 Å². The zero-order valence-electron chi connectivity index (χ0n) is 18.7. The van der Waals surface area contributed by atoms with Gasteiger partial charge in [0.05, 0.1) is 22.9 Å². The Morgan fingerprint density at radius 1 is 1.25 bits per heavy atom. The Hall–Kier alpha value is -3.35. The number of pyridine rings is 1. The number of nitrogens with zero attached hydrogens (tertiary/aromatic N) is 3. The lowest BCUT2D eigenvalue weighted by Crippen LogP contribution is -2.58.